The van der Waals surface area contributed by atoms with Gasteiger partial charge < -0.3 is 10.2 Å². The van der Waals surface area contributed by atoms with E-state index in [-0.39, 0.29) is 18.2 Å². The van der Waals surface area contributed by atoms with E-state index in [2.05, 4.69) is 10.3 Å². The quantitative estimate of drug-likeness (QED) is 0.944. The van der Waals surface area contributed by atoms with E-state index in [1.807, 2.05) is 36.4 Å². The Bertz CT molecular complexity index is 713. The fourth-order valence-corrected chi connectivity index (χ4v) is 2.75. The van der Waals surface area contributed by atoms with Crippen LogP contribution in [0, 0.1) is 0 Å². The monoisotopic (exact) mass is 295 g/mol. The summed E-state index contributed by atoms with van der Waals surface area (Å²) in [5.74, 6) is -0.146. The summed E-state index contributed by atoms with van der Waals surface area (Å²) in [6.45, 7) is 2.10. The number of carbonyl (C=O) groups is 2. The largest absolute Gasteiger partial charge is 0.325 e. The lowest BCUT2D eigenvalue weighted by Crippen LogP contribution is -2.31. The maximum Gasteiger partial charge on any atom is 0.233 e. The van der Waals surface area contributed by atoms with Crippen molar-refractivity contribution in [1.82, 2.24) is 4.98 Å². The molecule has 0 bridgehead atoms. The van der Waals surface area contributed by atoms with Crippen LogP contribution in [0.15, 0.2) is 42.6 Å². The Kier molecular flexibility index (Phi) is 3.87. The van der Waals surface area contributed by atoms with Crippen molar-refractivity contribution in [3.05, 3.63) is 53.9 Å². The Labute approximate surface area is 129 Å². The minimum Gasteiger partial charge on any atom is -0.325 e. The zero-order chi connectivity index (χ0) is 15.5. The van der Waals surface area contributed by atoms with Crippen LogP contribution in [0.1, 0.15) is 18.2 Å². The highest BCUT2D eigenvalue weighted by Gasteiger charge is 2.27. The standard InChI is InChI=1S/C17H17N3O2/c1-12(21)19-15-7-4-5-13-8-10-20(17(13)15)16(22)11-14-6-2-3-9-18-14/h2-7,9H,8,10-11H2,1H3,(H,19,21). The number of hydrogen-bond acceptors (Lipinski definition) is 3. The summed E-state index contributed by atoms with van der Waals surface area (Å²) in [5, 5.41) is 2.81. The first-order valence-corrected chi connectivity index (χ1v) is 7.25. The fraction of sp³-hybridized carbons (Fsp3) is 0.235. The molecule has 5 nitrogen and oxygen atoms in total. The van der Waals surface area contributed by atoms with E-state index in [1.165, 1.54) is 6.92 Å². The third kappa shape index (κ3) is 2.83. The Morgan fingerprint density at radius 1 is 1.23 bits per heavy atom. The first kappa shape index (κ1) is 14.3. The number of nitrogens with zero attached hydrogens (tertiary/aromatic N) is 2. The van der Waals surface area contributed by atoms with Crippen LogP contribution in [0.5, 0.6) is 0 Å². The molecule has 1 aliphatic rings. The maximum atomic E-state index is 12.6. The molecule has 1 aromatic heterocycles. The number of aromatic nitrogens is 1. The summed E-state index contributed by atoms with van der Waals surface area (Å²) in [6, 6.07) is 11.3. The highest BCUT2D eigenvalue weighted by Crippen LogP contribution is 2.35. The van der Waals surface area contributed by atoms with Crippen LogP contribution < -0.4 is 10.2 Å². The van der Waals surface area contributed by atoms with Crippen molar-refractivity contribution in [2.45, 2.75) is 19.8 Å². The summed E-state index contributed by atoms with van der Waals surface area (Å²) in [5.41, 5.74) is 3.34. The van der Waals surface area contributed by atoms with E-state index < -0.39 is 0 Å². The normalized spacial score (nSPS) is 12.9. The number of benzene rings is 1. The summed E-state index contributed by atoms with van der Waals surface area (Å²) in [6.07, 6.45) is 2.74. The van der Waals surface area contributed by atoms with Gasteiger partial charge in [0, 0.05) is 25.4 Å². The van der Waals surface area contributed by atoms with Crippen molar-refractivity contribution in [2.24, 2.45) is 0 Å². The Balaban J connectivity index is 1.87. The molecule has 0 aliphatic carbocycles. The van der Waals surface area contributed by atoms with Crippen molar-refractivity contribution in [1.29, 1.82) is 0 Å². The van der Waals surface area contributed by atoms with Crippen LogP contribution in [-0.2, 0) is 22.4 Å². The number of amides is 2. The van der Waals surface area contributed by atoms with Crippen molar-refractivity contribution in [2.75, 3.05) is 16.8 Å². The zero-order valence-corrected chi connectivity index (χ0v) is 12.4. The fourth-order valence-electron chi connectivity index (χ4n) is 2.75. The van der Waals surface area contributed by atoms with Gasteiger partial charge in [0.25, 0.3) is 0 Å². The minimum atomic E-state index is -0.141. The molecule has 5 heteroatoms. The van der Waals surface area contributed by atoms with Gasteiger partial charge in [0.2, 0.25) is 11.8 Å². The van der Waals surface area contributed by atoms with E-state index in [0.29, 0.717) is 12.2 Å². The smallest absolute Gasteiger partial charge is 0.233 e. The van der Waals surface area contributed by atoms with Crippen LogP contribution in [0.4, 0.5) is 11.4 Å². The second kappa shape index (κ2) is 5.97. The van der Waals surface area contributed by atoms with Crippen molar-refractivity contribution in [3.63, 3.8) is 0 Å². The molecule has 2 aromatic rings. The van der Waals surface area contributed by atoms with Gasteiger partial charge in [-0.15, -0.1) is 0 Å². The molecule has 2 amide bonds. The molecular weight excluding hydrogens is 278 g/mol. The lowest BCUT2D eigenvalue weighted by atomic mass is 10.1. The van der Waals surface area contributed by atoms with Gasteiger partial charge in [-0.1, -0.05) is 18.2 Å². The number of para-hydroxylation sites is 1. The summed E-state index contributed by atoms with van der Waals surface area (Å²) in [7, 11) is 0. The number of rotatable bonds is 3. The first-order valence-electron chi connectivity index (χ1n) is 7.25. The van der Waals surface area contributed by atoms with Gasteiger partial charge >= 0.3 is 0 Å². The molecule has 2 heterocycles. The van der Waals surface area contributed by atoms with Crippen LogP contribution in [0.3, 0.4) is 0 Å². The highest BCUT2D eigenvalue weighted by molar-refractivity contribution is 6.03. The van der Waals surface area contributed by atoms with Crippen LogP contribution in [0.2, 0.25) is 0 Å². The predicted octanol–water partition coefficient (Wildman–Crippen LogP) is 2.17. The van der Waals surface area contributed by atoms with E-state index in [1.54, 1.807) is 11.1 Å². The van der Waals surface area contributed by atoms with Gasteiger partial charge in [-0.25, -0.2) is 0 Å². The Morgan fingerprint density at radius 3 is 2.82 bits per heavy atom. The van der Waals surface area contributed by atoms with E-state index in [9.17, 15) is 9.59 Å². The van der Waals surface area contributed by atoms with Gasteiger partial charge in [-0.3, -0.25) is 14.6 Å². The Morgan fingerprint density at radius 2 is 2.09 bits per heavy atom. The zero-order valence-electron chi connectivity index (χ0n) is 12.4. The van der Waals surface area contributed by atoms with E-state index >= 15 is 0 Å². The van der Waals surface area contributed by atoms with Gasteiger partial charge in [0.1, 0.15) is 0 Å². The number of pyridine rings is 1. The van der Waals surface area contributed by atoms with Gasteiger partial charge in [0.05, 0.1) is 17.8 Å². The van der Waals surface area contributed by atoms with Gasteiger partial charge in [-0.05, 0) is 30.2 Å². The topological polar surface area (TPSA) is 62.3 Å². The molecule has 1 N–H and O–H groups in total. The van der Waals surface area contributed by atoms with E-state index in [0.717, 1.165) is 23.4 Å². The number of anilines is 2. The molecule has 0 radical (unpaired) electrons. The number of hydrogen-bond donors (Lipinski definition) is 1. The van der Waals surface area contributed by atoms with Crippen LogP contribution in [-0.4, -0.2) is 23.3 Å². The lowest BCUT2D eigenvalue weighted by molar-refractivity contribution is -0.118. The van der Waals surface area contributed by atoms with Crippen molar-refractivity contribution in [3.8, 4) is 0 Å². The molecule has 112 valence electrons. The second-order valence-electron chi connectivity index (χ2n) is 5.29. The minimum absolute atomic E-state index is 0.00440. The molecule has 22 heavy (non-hydrogen) atoms. The molecule has 1 aromatic carbocycles. The molecule has 0 atom stereocenters. The van der Waals surface area contributed by atoms with Crippen molar-refractivity contribution < 1.29 is 9.59 Å². The highest BCUT2D eigenvalue weighted by atomic mass is 16.2. The van der Waals surface area contributed by atoms with Crippen LogP contribution in [0.25, 0.3) is 0 Å². The molecule has 0 spiro atoms. The third-order valence-corrected chi connectivity index (χ3v) is 3.66. The molecule has 0 unspecified atom stereocenters. The number of carbonyl (C=O) groups excluding carboxylic acids is 2. The molecule has 0 fully saturated rings. The first-order chi connectivity index (χ1) is 10.6. The average Bonchev–Trinajstić information content (AvgIpc) is 2.93. The third-order valence-electron chi connectivity index (χ3n) is 3.66. The van der Waals surface area contributed by atoms with Gasteiger partial charge in [-0.2, -0.15) is 0 Å². The number of nitrogens with one attached hydrogen (secondary N) is 1. The second-order valence-corrected chi connectivity index (χ2v) is 5.29. The Hall–Kier alpha value is -2.69. The van der Waals surface area contributed by atoms with E-state index in [4.69, 9.17) is 0 Å². The molecule has 1 aliphatic heterocycles. The number of fused-ring (bicyclic) bond motifs is 1. The SMILES string of the molecule is CC(=O)Nc1cccc2c1N(C(=O)Cc1ccccn1)CC2. The maximum absolute atomic E-state index is 12.6. The average molecular weight is 295 g/mol. The summed E-state index contributed by atoms with van der Waals surface area (Å²) in [4.78, 5) is 29.9. The molecule has 0 saturated heterocycles. The van der Waals surface area contributed by atoms with Crippen LogP contribution >= 0.6 is 0 Å². The summed E-state index contributed by atoms with van der Waals surface area (Å²) < 4.78 is 0. The molecule has 0 saturated carbocycles. The lowest BCUT2D eigenvalue weighted by Gasteiger charge is -2.20. The van der Waals surface area contributed by atoms with Gasteiger partial charge in [0.15, 0.2) is 0 Å². The molecular formula is C17H17N3O2. The predicted molar refractivity (Wildman–Crippen MR) is 84.7 cm³/mol. The molecule has 3 rings (SSSR count). The summed E-state index contributed by atoms with van der Waals surface area (Å²) >= 11 is 0. The van der Waals surface area contributed by atoms with Crippen molar-refractivity contribution >= 4 is 23.2 Å².